The minimum absolute atomic E-state index is 0.0192. The summed E-state index contributed by atoms with van der Waals surface area (Å²) in [5.41, 5.74) is 1.78. The first-order valence-corrected chi connectivity index (χ1v) is 13.0. The van der Waals surface area contributed by atoms with Crippen molar-refractivity contribution in [3.63, 3.8) is 0 Å². The highest BCUT2D eigenvalue weighted by Crippen LogP contribution is 2.40. The monoisotopic (exact) mass is 510 g/mol. The first-order valence-electron chi connectivity index (χ1n) is 13.0. The molecule has 198 valence electrons. The quantitative estimate of drug-likeness (QED) is 0.220. The number of likely N-dealkylation sites (tertiary alicyclic amines) is 1. The Morgan fingerprint density at radius 2 is 1.81 bits per heavy atom. The number of carbonyl (C=O) groups is 2. The van der Waals surface area contributed by atoms with Crippen LogP contribution in [0.25, 0.3) is 5.76 Å². The van der Waals surface area contributed by atoms with Gasteiger partial charge in [-0.05, 0) is 61.2 Å². The van der Waals surface area contributed by atoms with Crippen LogP contribution < -0.4 is 4.74 Å². The molecule has 0 aliphatic carbocycles. The Morgan fingerprint density at radius 3 is 2.49 bits per heavy atom. The van der Waals surface area contributed by atoms with Gasteiger partial charge >= 0.3 is 0 Å². The Kier molecular flexibility index (Phi) is 8.95. The average Bonchev–Trinajstić information content (AvgIpc) is 3.15. The van der Waals surface area contributed by atoms with E-state index in [4.69, 9.17) is 9.47 Å². The van der Waals surface area contributed by atoms with Crippen LogP contribution >= 0.6 is 0 Å². The molecule has 0 aromatic heterocycles. The summed E-state index contributed by atoms with van der Waals surface area (Å²) in [5.74, 6) is -1.36. The van der Waals surface area contributed by atoms with Crippen LogP contribution in [0.2, 0.25) is 0 Å². The molecule has 2 aliphatic heterocycles. The van der Waals surface area contributed by atoms with Crippen molar-refractivity contribution in [3.8, 4) is 5.75 Å². The maximum absolute atomic E-state index is 13.7. The molecule has 1 amide bonds. The summed E-state index contributed by atoms with van der Waals surface area (Å²) >= 11 is 0. The lowest BCUT2D eigenvalue weighted by molar-refractivity contribution is -0.140. The molecule has 7 nitrogen and oxygen atoms in total. The molecular weight excluding hydrogens is 475 g/mol. The van der Waals surface area contributed by atoms with E-state index in [1.807, 2.05) is 13.0 Å². The number of aliphatic hydroxyl groups is 1. The number of aryl methyl sites for hydroxylation is 1. The fourth-order valence-electron chi connectivity index (χ4n) is 4.86. The van der Waals surface area contributed by atoms with Gasteiger partial charge in [0.25, 0.3) is 11.7 Å². The van der Waals surface area contributed by atoms with E-state index in [0.29, 0.717) is 49.7 Å². The van der Waals surface area contributed by atoms with Gasteiger partial charge in [-0.1, -0.05) is 25.5 Å². The molecule has 1 atom stereocenters. The lowest BCUT2D eigenvalue weighted by atomic mass is 9.94. The fourth-order valence-corrected chi connectivity index (χ4v) is 4.86. The number of hydrogen-bond acceptors (Lipinski definition) is 6. The first-order chi connectivity index (χ1) is 17.9. The molecule has 8 heteroatoms. The van der Waals surface area contributed by atoms with Gasteiger partial charge in [0.05, 0.1) is 31.4 Å². The Morgan fingerprint density at radius 1 is 1.08 bits per heavy atom. The van der Waals surface area contributed by atoms with E-state index in [1.54, 1.807) is 24.3 Å². The van der Waals surface area contributed by atoms with Gasteiger partial charge in [-0.15, -0.1) is 0 Å². The van der Waals surface area contributed by atoms with Gasteiger partial charge in [-0.25, -0.2) is 4.39 Å². The number of halogens is 1. The summed E-state index contributed by atoms with van der Waals surface area (Å²) in [5, 5.41) is 11.4. The highest BCUT2D eigenvalue weighted by Gasteiger charge is 2.46. The van der Waals surface area contributed by atoms with Gasteiger partial charge in [-0.2, -0.15) is 0 Å². The minimum Gasteiger partial charge on any atom is -0.507 e. The molecule has 0 radical (unpaired) electrons. The van der Waals surface area contributed by atoms with Gasteiger partial charge in [-0.3, -0.25) is 14.5 Å². The first kappa shape index (κ1) is 26.8. The molecule has 2 aromatic rings. The largest absolute Gasteiger partial charge is 0.507 e. The molecule has 0 bridgehead atoms. The zero-order chi connectivity index (χ0) is 26.4. The third kappa shape index (κ3) is 6.19. The van der Waals surface area contributed by atoms with E-state index in [2.05, 4.69) is 11.8 Å². The van der Waals surface area contributed by atoms with Crippen LogP contribution in [0.4, 0.5) is 4.39 Å². The van der Waals surface area contributed by atoms with Crippen LogP contribution in [-0.2, 0) is 14.3 Å². The summed E-state index contributed by atoms with van der Waals surface area (Å²) in [7, 11) is 0. The van der Waals surface area contributed by atoms with Crippen LogP contribution in [0.15, 0.2) is 48.0 Å². The van der Waals surface area contributed by atoms with Crippen LogP contribution in [0.3, 0.4) is 0 Å². The van der Waals surface area contributed by atoms with Gasteiger partial charge in [0.15, 0.2) is 0 Å². The van der Waals surface area contributed by atoms with E-state index in [-0.39, 0.29) is 11.3 Å². The van der Waals surface area contributed by atoms with Crippen molar-refractivity contribution >= 4 is 17.4 Å². The van der Waals surface area contributed by atoms with E-state index < -0.39 is 23.5 Å². The van der Waals surface area contributed by atoms with Gasteiger partial charge in [0.1, 0.15) is 17.3 Å². The van der Waals surface area contributed by atoms with Crippen molar-refractivity contribution in [3.05, 3.63) is 70.5 Å². The van der Waals surface area contributed by atoms with E-state index in [1.165, 1.54) is 17.0 Å². The van der Waals surface area contributed by atoms with Crippen molar-refractivity contribution < 1.29 is 28.6 Å². The molecule has 2 saturated heterocycles. The normalized spacial score (nSPS) is 20.0. The molecular formula is C29H35FN2O5. The smallest absolute Gasteiger partial charge is 0.295 e. The second-order valence-electron chi connectivity index (χ2n) is 9.53. The number of amides is 1. The molecule has 0 saturated carbocycles. The standard InChI is InChI=1S/C29H35FN2O5/c1-3-4-16-37-23-10-11-24(20(2)19-23)27(33)25-26(21-6-8-22(30)9-7-21)32(29(35)28(25)34)13-5-12-31-14-17-36-18-15-31/h6-11,19,26,33H,3-5,12-18H2,1-2H3. The van der Waals surface area contributed by atoms with Crippen LogP contribution in [0, 0.1) is 12.7 Å². The summed E-state index contributed by atoms with van der Waals surface area (Å²) in [4.78, 5) is 30.2. The van der Waals surface area contributed by atoms with E-state index >= 15 is 0 Å². The number of ketones is 1. The lowest BCUT2D eigenvalue weighted by Crippen LogP contribution is -2.38. The second-order valence-corrected chi connectivity index (χ2v) is 9.53. The van der Waals surface area contributed by atoms with Crippen LogP contribution in [0.5, 0.6) is 5.75 Å². The van der Waals surface area contributed by atoms with Crippen molar-refractivity contribution in [2.75, 3.05) is 46.0 Å². The van der Waals surface area contributed by atoms with Gasteiger partial charge in [0.2, 0.25) is 0 Å². The number of unbranched alkanes of at least 4 members (excludes halogenated alkanes) is 1. The molecule has 37 heavy (non-hydrogen) atoms. The van der Waals surface area contributed by atoms with Crippen LogP contribution in [-0.4, -0.2) is 72.6 Å². The summed E-state index contributed by atoms with van der Waals surface area (Å²) in [6.45, 7) is 8.64. The average molecular weight is 511 g/mol. The van der Waals surface area contributed by atoms with E-state index in [9.17, 15) is 19.1 Å². The molecule has 0 spiro atoms. The molecule has 2 fully saturated rings. The maximum Gasteiger partial charge on any atom is 0.295 e. The SMILES string of the molecule is CCCCOc1ccc(C(O)=C2C(=O)C(=O)N(CCCN3CCOCC3)C2c2ccc(F)cc2)c(C)c1. The highest BCUT2D eigenvalue weighted by atomic mass is 19.1. The number of Topliss-reactive ketones (excluding diaryl/α,β-unsaturated/α-hetero) is 1. The second kappa shape index (κ2) is 12.3. The third-order valence-electron chi connectivity index (χ3n) is 6.92. The number of rotatable bonds is 10. The predicted molar refractivity (Wildman–Crippen MR) is 139 cm³/mol. The van der Waals surface area contributed by atoms with Crippen molar-refractivity contribution in [2.24, 2.45) is 0 Å². The fraction of sp³-hybridized carbons (Fsp3) is 0.448. The zero-order valence-corrected chi connectivity index (χ0v) is 21.5. The maximum atomic E-state index is 13.7. The topological polar surface area (TPSA) is 79.3 Å². The Balaban J connectivity index is 1.64. The molecule has 2 heterocycles. The van der Waals surface area contributed by atoms with Crippen molar-refractivity contribution in [1.29, 1.82) is 0 Å². The summed E-state index contributed by atoms with van der Waals surface area (Å²) < 4.78 is 24.9. The summed E-state index contributed by atoms with van der Waals surface area (Å²) in [6, 6.07) is 10.2. The lowest BCUT2D eigenvalue weighted by Gasteiger charge is -2.29. The molecule has 4 rings (SSSR count). The number of hydrogen-bond donors (Lipinski definition) is 1. The van der Waals surface area contributed by atoms with Crippen LogP contribution in [0.1, 0.15) is 48.9 Å². The molecule has 1 N–H and O–H groups in total. The third-order valence-corrected chi connectivity index (χ3v) is 6.92. The Bertz CT molecular complexity index is 1140. The zero-order valence-electron chi connectivity index (χ0n) is 21.5. The highest BCUT2D eigenvalue weighted by molar-refractivity contribution is 6.46. The number of ether oxygens (including phenoxy) is 2. The molecule has 1 unspecified atom stereocenters. The number of carbonyl (C=O) groups excluding carboxylic acids is 2. The Hall–Kier alpha value is -3.23. The van der Waals surface area contributed by atoms with Gasteiger partial charge < -0.3 is 19.5 Å². The summed E-state index contributed by atoms with van der Waals surface area (Å²) in [6.07, 6.45) is 2.62. The number of nitrogens with zero attached hydrogens (tertiary/aromatic N) is 2. The number of aliphatic hydroxyl groups excluding tert-OH is 1. The predicted octanol–water partition coefficient (Wildman–Crippen LogP) is 4.46. The molecule has 2 aliphatic rings. The van der Waals surface area contributed by atoms with Crippen molar-refractivity contribution in [1.82, 2.24) is 9.80 Å². The van der Waals surface area contributed by atoms with E-state index in [0.717, 1.165) is 38.0 Å². The number of morpholine rings is 1. The molecule has 2 aromatic carbocycles. The Labute approximate surface area is 217 Å². The minimum atomic E-state index is -0.801. The van der Waals surface area contributed by atoms with Crippen molar-refractivity contribution in [2.45, 2.75) is 39.2 Å². The number of benzene rings is 2. The van der Waals surface area contributed by atoms with Gasteiger partial charge in [0, 0.05) is 31.7 Å².